The number of hydrogen-bond donors (Lipinski definition) is 0. The first-order chi connectivity index (χ1) is 19.7. The number of benzene rings is 2. The van der Waals surface area contributed by atoms with Crippen LogP contribution in [0.4, 0.5) is 22.8 Å². The summed E-state index contributed by atoms with van der Waals surface area (Å²) < 4.78 is 47.6. The number of halogens is 4. The Hall–Kier alpha value is -3.51. The zero-order chi connectivity index (χ0) is 30.4. The van der Waals surface area contributed by atoms with Gasteiger partial charge in [0.25, 0.3) is 11.1 Å². The highest BCUT2D eigenvalue weighted by Crippen LogP contribution is 2.36. The summed E-state index contributed by atoms with van der Waals surface area (Å²) in [5.74, 6) is -0.445. The molecule has 0 radical (unpaired) electrons. The van der Waals surface area contributed by atoms with Crippen molar-refractivity contribution in [2.24, 2.45) is 0 Å². The lowest BCUT2D eigenvalue weighted by Gasteiger charge is -2.30. The van der Waals surface area contributed by atoms with Crippen LogP contribution in [0.15, 0.2) is 47.5 Å². The summed E-state index contributed by atoms with van der Waals surface area (Å²) in [7, 11) is 0. The molecule has 0 spiro atoms. The van der Waals surface area contributed by atoms with Crippen molar-refractivity contribution in [2.75, 3.05) is 13.1 Å². The lowest BCUT2D eigenvalue weighted by atomic mass is 10.1. The molecule has 0 aliphatic carbocycles. The van der Waals surface area contributed by atoms with Gasteiger partial charge in [0, 0.05) is 17.0 Å². The maximum absolute atomic E-state index is 13.6. The number of ether oxygens (including phenoxy) is 1. The number of hydrogen-bond acceptors (Lipinski definition) is 6. The molecule has 222 valence electrons. The van der Waals surface area contributed by atoms with E-state index < -0.39 is 34.6 Å². The first-order valence-corrected chi connectivity index (χ1v) is 14.5. The SMILES string of the molecule is CC(C)(C)OC(=O)N1CCC[C@@H]1CN1C(=O)SC(=Cc2ccc3c(cnn3Cc3ccc(Cl)cc3C(F)(F)F)c2)C1=O. The number of nitrogens with zero attached hydrogens (tertiary/aromatic N) is 4. The smallest absolute Gasteiger partial charge is 0.416 e. The van der Waals surface area contributed by atoms with Crippen molar-refractivity contribution in [2.45, 2.75) is 58.0 Å². The van der Waals surface area contributed by atoms with Crippen LogP contribution in [0, 0.1) is 0 Å². The van der Waals surface area contributed by atoms with E-state index in [1.807, 2.05) is 0 Å². The van der Waals surface area contributed by atoms with Crippen LogP contribution in [0.25, 0.3) is 17.0 Å². The molecule has 5 rings (SSSR count). The van der Waals surface area contributed by atoms with Crippen molar-refractivity contribution in [1.29, 1.82) is 0 Å². The number of thioether (sulfide) groups is 1. The summed E-state index contributed by atoms with van der Waals surface area (Å²) in [5, 5.41) is 4.50. The predicted octanol–water partition coefficient (Wildman–Crippen LogP) is 7.19. The molecule has 1 aromatic heterocycles. The molecule has 2 aliphatic rings. The highest BCUT2D eigenvalue weighted by Gasteiger charge is 2.40. The maximum Gasteiger partial charge on any atom is 0.416 e. The third-order valence-corrected chi connectivity index (χ3v) is 8.08. The van der Waals surface area contributed by atoms with E-state index in [1.165, 1.54) is 23.0 Å². The summed E-state index contributed by atoms with van der Waals surface area (Å²) in [6.07, 6.45) is -0.492. The number of rotatable bonds is 5. The lowest BCUT2D eigenvalue weighted by Crippen LogP contribution is -2.46. The molecule has 13 heteroatoms. The molecule has 3 heterocycles. The first kappa shape index (κ1) is 30.0. The Kier molecular flexibility index (Phi) is 8.06. The van der Waals surface area contributed by atoms with Crippen LogP contribution in [0.3, 0.4) is 0 Å². The molecular formula is C29H28ClF3N4O4S. The maximum atomic E-state index is 13.6. The summed E-state index contributed by atoms with van der Waals surface area (Å²) in [6, 6.07) is 8.48. The molecule has 2 aliphatic heterocycles. The minimum absolute atomic E-state index is 0.00550. The van der Waals surface area contributed by atoms with E-state index in [0.29, 0.717) is 29.4 Å². The minimum Gasteiger partial charge on any atom is -0.444 e. The normalized spacial score (nSPS) is 19.0. The van der Waals surface area contributed by atoms with Gasteiger partial charge in [-0.2, -0.15) is 18.3 Å². The topological polar surface area (TPSA) is 84.7 Å². The molecular weight excluding hydrogens is 593 g/mol. The fourth-order valence-corrected chi connectivity index (χ4v) is 6.06. The zero-order valence-electron chi connectivity index (χ0n) is 23.1. The molecule has 0 unspecified atom stereocenters. The van der Waals surface area contributed by atoms with E-state index in [4.69, 9.17) is 16.3 Å². The summed E-state index contributed by atoms with van der Waals surface area (Å²) in [6.45, 7) is 5.80. The van der Waals surface area contributed by atoms with Crippen molar-refractivity contribution in [3.63, 3.8) is 0 Å². The van der Waals surface area contributed by atoms with Crippen molar-refractivity contribution in [3.8, 4) is 0 Å². The van der Waals surface area contributed by atoms with E-state index in [9.17, 15) is 27.6 Å². The average Bonchev–Trinajstić information content (AvgIpc) is 3.58. The van der Waals surface area contributed by atoms with Crippen LogP contribution >= 0.6 is 23.4 Å². The number of likely N-dealkylation sites (tertiary alicyclic amines) is 1. The molecule has 2 fully saturated rings. The second-order valence-electron chi connectivity index (χ2n) is 11.2. The third-order valence-electron chi connectivity index (χ3n) is 6.93. The Bertz CT molecular complexity index is 1600. The molecule has 3 aromatic rings. The van der Waals surface area contributed by atoms with Crippen LogP contribution in [0.1, 0.15) is 50.3 Å². The summed E-state index contributed by atoms with van der Waals surface area (Å²) >= 11 is 6.62. The standard InChI is InChI=1S/C29H28ClF3N4O4S/c1-28(2,3)41-26(39)35-10-4-5-21(35)16-36-25(38)24(42-27(36)40)12-17-6-9-23-19(11-17)14-34-37(23)15-18-7-8-20(30)13-22(18)29(31,32)33/h6-9,11-14,21H,4-5,10,15-16H2,1-3H3/t21-/m1/s1. The number of aromatic nitrogens is 2. The number of fused-ring (bicyclic) bond motifs is 1. The second kappa shape index (κ2) is 11.3. The van der Waals surface area contributed by atoms with Gasteiger partial charge in [-0.25, -0.2) is 4.79 Å². The average molecular weight is 621 g/mol. The number of imide groups is 1. The zero-order valence-corrected chi connectivity index (χ0v) is 24.6. The molecule has 0 N–H and O–H groups in total. The predicted molar refractivity (Wildman–Crippen MR) is 154 cm³/mol. The van der Waals surface area contributed by atoms with Crippen molar-refractivity contribution in [3.05, 3.63) is 69.2 Å². The third kappa shape index (κ3) is 6.44. The summed E-state index contributed by atoms with van der Waals surface area (Å²) in [4.78, 5) is 41.6. The van der Waals surface area contributed by atoms with Gasteiger partial charge in [0.1, 0.15) is 5.60 Å². The van der Waals surface area contributed by atoms with Crippen molar-refractivity contribution < 1.29 is 32.3 Å². The van der Waals surface area contributed by atoms with Gasteiger partial charge in [-0.05, 0) is 86.8 Å². The van der Waals surface area contributed by atoms with Gasteiger partial charge in [-0.3, -0.25) is 19.2 Å². The van der Waals surface area contributed by atoms with Crippen LogP contribution in [0.5, 0.6) is 0 Å². The molecule has 8 nitrogen and oxygen atoms in total. The van der Waals surface area contributed by atoms with Gasteiger partial charge < -0.3 is 9.64 Å². The quantitative estimate of drug-likeness (QED) is 0.281. The molecule has 2 aromatic carbocycles. The van der Waals surface area contributed by atoms with Crippen LogP contribution in [0.2, 0.25) is 5.02 Å². The van der Waals surface area contributed by atoms with Gasteiger partial charge in [0.05, 0.1) is 41.3 Å². The first-order valence-electron chi connectivity index (χ1n) is 13.3. The Balaban J connectivity index is 1.31. The van der Waals surface area contributed by atoms with E-state index in [1.54, 1.807) is 49.9 Å². The Morgan fingerprint density at radius 1 is 1.17 bits per heavy atom. The number of amides is 3. The molecule has 2 saturated heterocycles. The van der Waals surface area contributed by atoms with Crippen LogP contribution in [-0.2, 0) is 22.3 Å². The van der Waals surface area contributed by atoms with E-state index in [2.05, 4.69) is 5.10 Å². The Morgan fingerprint density at radius 3 is 2.64 bits per heavy atom. The van der Waals surface area contributed by atoms with Gasteiger partial charge in [-0.15, -0.1) is 0 Å². The molecule has 0 bridgehead atoms. The van der Waals surface area contributed by atoms with Gasteiger partial charge >= 0.3 is 12.3 Å². The highest BCUT2D eigenvalue weighted by atomic mass is 35.5. The lowest BCUT2D eigenvalue weighted by molar-refractivity contribution is -0.138. The largest absolute Gasteiger partial charge is 0.444 e. The number of alkyl halides is 3. The van der Waals surface area contributed by atoms with Crippen molar-refractivity contribution >= 4 is 57.6 Å². The molecule has 1 atom stereocenters. The van der Waals surface area contributed by atoms with Crippen LogP contribution < -0.4 is 0 Å². The Morgan fingerprint density at radius 2 is 1.93 bits per heavy atom. The van der Waals surface area contributed by atoms with E-state index in [0.717, 1.165) is 29.1 Å². The van der Waals surface area contributed by atoms with E-state index >= 15 is 0 Å². The van der Waals surface area contributed by atoms with Crippen molar-refractivity contribution in [1.82, 2.24) is 19.6 Å². The summed E-state index contributed by atoms with van der Waals surface area (Å²) in [5.41, 5.74) is -0.215. The highest BCUT2D eigenvalue weighted by molar-refractivity contribution is 8.18. The molecule has 0 saturated carbocycles. The number of carbonyl (C=O) groups excluding carboxylic acids is 3. The molecule has 42 heavy (non-hydrogen) atoms. The number of carbonyl (C=O) groups is 3. The monoisotopic (exact) mass is 620 g/mol. The van der Waals surface area contributed by atoms with Gasteiger partial charge in [0.15, 0.2) is 0 Å². The minimum atomic E-state index is -4.56. The fourth-order valence-electron chi connectivity index (χ4n) is 5.04. The fraction of sp³-hybridized carbons (Fsp3) is 0.379. The second-order valence-corrected chi connectivity index (χ2v) is 12.6. The Labute approximate surface area is 249 Å². The molecule has 3 amide bonds. The van der Waals surface area contributed by atoms with E-state index in [-0.39, 0.29) is 34.6 Å². The van der Waals surface area contributed by atoms with Gasteiger partial charge in [-0.1, -0.05) is 23.7 Å². The van der Waals surface area contributed by atoms with Gasteiger partial charge in [0.2, 0.25) is 0 Å². The van der Waals surface area contributed by atoms with Crippen LogP contribution in [-0.4, -0.2) is 61.6 Å².